The zero-order valence-corrected chi connectivity index (χ0v) is 11.1. The molecule has 0 atom stereocenters. The highest BCUT2D eigenvalue weighted by molar-refractivity contribution is 6.31. The number of hydrogen-bond donors (Lipinski definition) is 2. The number of carbonyl (C=O) groups is 1. The molecular weight excluding hydrogens is 248 g/mol. The van der Waals surface area contributed by atoms with Crippen LogP contribution in [0.2, 0.25) is 5.02 Å². The molecule has 0 unspecified atom stereocenters. The van der Waals surface area contributed by atoms with E-state index in [4.69, 9.17) is 11.6 Å². The first kappa shape index (κ1) is 12.7. The number of hydrogen-bond acceptors (Lipinski definition) is 1. The maximum atomic E-state index is 11.9. The number of nitrogens with one attached hydrogen (secondary N) is 2. The lowest BCUT2D eigenvalue weighted by Crippen LogP contribution is -2.12. The van der Waals surface area contributed by atoms with Gasteiger partial charge in [-0.15, -0.1) is 0 Å². The summed E-state index contributed by atoms with van der Waals surface area (Å²) in [6.45, 7) is 4.23. The van der Waals surface area contributed by atoms with Crippen LogP contribution in [0, 0.1) is 0 Å². The standard InChI is InChI=1S/C14H15ClN2O/c1-9(2)10-4-3-5-12(6-10)17-14(18)13-7-11(15)8-16-13/h3-9,16H,1-2H3,(H,17,18). The van der Waals surface area contributed by atoms with E-state index in [1.807, 2.05) is 24.3 Å². The highest BCUT2D eigenvalue weighted by Gasteiger charge is 2.09. The molecule has 0 saturated heterocycles. The molecule has 2 rings (SSSR count). The summed E-state index contributed by atoms with van der Waals surface area (Å²) in [6.07, 6.45) is 1.58. The lowest BCUT2D eigenvalue weighted by Gasteiger charge is -2.08. The highest BCUT2D eigenvalue weighted by Crippen LogP contribution is 2.19. The van der Waals surface area contributed by atoms with E-state index in [0.717, 1.165) is 5.69 Å². The van der Waals surface area contributed by atoms with Gasteiger partial charge in [-0.05, 0) is 29.7 Å². The van der Waals surface area contributed by atoms with E-state index in [-0.39, 0.29) is 5.91 Å². The molecule has 2 aromatic rings. The van der Waals surface area contributed by atoms with Crippen molar-refractivity contribution in [3.63, 3.8) is 0 Å². The van der Waals surface area contributed by atoms with Crippen LogP contribution < -0.4 is 5.32 Å². The Morgan fingerprint density at radius 2 is 2.11 bits per heavy atom. The lowest BCUT2D eigenvalue weighted by atomic mass is 10.0. The highest BCUT2D eigenvalue weighted by atomic mass is 35.5. The maximum absolute atomic E-state index is 11.9. The Balaban J connectivity index is 2.14. The molecule has 0 spiro atoms. The Bertz CT molecular complexity index is 560. The van der Waals surface area contributed by atoms with Gasteiger partial charge in [-0.3, -0.25) is 4.79 Å². The third kappa shape index (κ3) is 2.93. The number of aromatic nitrogens is 1. The summed E-state index contributed by atoms with van der Waals surface area (Å²) in [5.74, 6) is 0.240. The third-order valence-electron chi connectivity index (χ3n) is 2.70. The van der Waals surface area contributed by atoms with Crippen molar-refractivity contribution < 1.29 is 4.79 Å². The van der Waals surface area contributed by atoms with Crippen LogP contribution in [-0.2, 0) is 0 Å². The Hall–Kier alpha value is -1.74. The monoisotopic (exact) mass is 262 g/mol. The van der Waals surface area contributed by atoms with Gasteiger partial charge in [0.05, 0.1) is 5.02 Å². The van der Waals surface area contributed by atoms with Crippen LogP contribution in [-0.4, -0.2) is 10.9 Å². The molecule has 2 N–H and O–H groups in total. The van der Waals surface area contributed by atoms with Gasteiger partial charge < -0.3 is 10.3 Å². The molecule has 0 aliphatic rings. The van der Waals surface area contributed by atoms with Crippen LogP contribution in [0.5, 0.6) is 0 Å². The summed E-state index contributed by atoms with van der Waals surface area (Å²) < 4.78 is 0. The van der Waals surface area contributed by atoms with Gasteiger partial charge in [0, 0.05) is 11.9 Å². The molecule has 94 valence electrons. The Morgan fingerprint density at radius 3 is 2.72 bits per heavy atom. The average Bonchev–Trinajstić information content (AvgIpc) is 2.76. The minimum Gasteiger partial charge on any atom is -0.356 e. The molecule has 0 radical (unpaired) electrons. The van der Waals surface area contributed by atoms with Crippen LogP contribution in [0.4, 0.5) is 5.69 Å². The van der Waals surface area contributed by atoms with Crippen LogP contribution in [0.1, 0.15) is 35.8 Å². The Morgan fingerprint density at radius 1 is 1.33 bits per heavy atom. The first-order valence-corrected chi connectivity index (χ1v) is 6.19. The quantitative estimate of drug-likeness (QED) is 0.861. The molecule has 0 aliphatic heterocycles. The molecule has 0 saturated carbocycles. The second kappa shape index (κ2) is 5.27. The zero-order chi connectivity index (χ0) is 13.1. The zero-order valence-electron chi connectivity index (χ0n) is 10.3. The summed E-state index contributed by atoms with van der Waals surface area (Å²) in [6, 6.07) is 9.43. The molecule has 1 aromatic carbocycles. The minimum atomic E-state index is -0.192. The van der Waals surface area contributed by atoms with Crippen molar-refractivity contribution >= 4 is 23.2 Å². The van der Waals surface area contributed by atoms with E-state index < -0.39 is 0 Å². The van der Waals surface area contributed by atoms with Gasteiger partial charge in [0.25, 0.3) is 5.91 Å². The fourth-order valence-electron chi connectivity index (χ4n) is 1.67. The SMILES string of the molecule is CC(C)c1cccc(NC(=O)c2cc(Cl)c[nH]2)c1. The summed E-state index contributed by atoms with van der Waals surface area (Å²) in [7, 11) is 0. The molecule has 0 aliphatic carbocycles. The van der Waals surface area contributed by atoms with E-state index in [0.29, 0.717) is 16.6 Å². The predicted molar refractivity (Wildman–Crippen MR) is 74.3 cm³/mol. The van der Waals surface area contributed by atoms with E-state index in [2.05, 4.69) is 24.1 Å². The average molecular weight is 263 g/mol. The number of carbonyl (C=O) groups excluding carboxylic acids is 1. The number of amides is 1. The first-order chi connectivity index (χ1) is 8.56. The van der Waals surface area contributed by atoms with Crippen molar-refractivity contribution in [3.05, 3.63) is 52.8 Å². The molecule has 3 nitrogen and oxygen atoms in total. The molecular formula is C14H15ClN2O. The second-order valence-electron chi connectivity index (χ2n) is 4.47. The fraction of sp³-hybridized carbons (Fsp3) is 0.214. The third-order valence-corrected chi connectivity index (χ3v) is 2.92. The van der Waals surface area contributed by atoms with Gasteiger partial charge in [-0.25, -0.2) is 0 Å². The smallest absolute Gasteiger partial charge is 0.272 e. The summed E-state index contributed by atoms with van der Waals surface area (Å²) in [4.78, 5) is 14.7. The van der Waals surface area contributed by atoms with E-state index >= 15 is 0 Å². The molecule has 0 bridgehead atoms. The van der Waals surface area contributed by atoms with Gasteiger partial charge in [0.1, 0.15) is 5.69 Å². The van der Waals surface area contributed by atoms with E-state index in [9.17, 15) is 4.79 Å². The largest absolute Gasteiger partial charge is 0.356 e. The molecule has 1 amide bonds. The molecule has 1 aromatic heterocycles. The van der Waals surface area contributed by atoms with Gasteiger partial charge in [0.2, 0.25) is 0 Å². The van der Waals surface area contributed by atoms with Crippen LogP contribution in [0.3, 0.4) is 0 Å². The van der Waals surface area contributed by atoms with Crippen LogP contribution in [0.25, 0.3) is 0 Å². The summed E-state index contributed by atoms with van der Waals surface area (Å²) >= 11 is 5.76. The molecule has 4 heteroatoms. The number of benzene rings is 1. The number of anilines is 1. The number of H-pyrrole nitrogens is 1. The minimum absolute atomic E-state index is 0.192. The van der Waals surface area contributed by atoms with Crippen LogP contribution in [0.15, 0.2) is 36.5 Å². The van der Waals surface area contributed by atoms with Crippen molar-refractivity contribution in [1.82, 2.24) is 4.98 Å². The van der Waals surface area contributed by atoms with E-state index in [1.165, 1.54) is 5.56 Å². The van der Waals surface area contributed by atoms with Gasteiger partial charge in [0.15, 0.2) is 0 Å². The van der Waals surface area contributed by atoms with Crippen molar-refractivity contribution in [3.8, 4) is 0 Å². The first-order valence-electron chi connectivity index (χ1n) is 5.81. The summed E-state index contributed by atoms with van der Waals surface area (Å²) in [5.41, 5.74) is 2.43. The van der Waals surface area contributed by atoms with Crippen molar-refractivity contribution in [2.75, 3.05) is 5.32 Å². The Kier molecular flexibility index (Phi) is 3.72. The van der Waals surface area contributed by atoms with Gasteiger partial charge >= 0.3 is 0 Å². The molecule has 18 heavy (non-hydrogen) atoms. The maximum Gasteiger partial charge on any atom is 0.272 e. The molecule has 1 heterocycles. The Labute approximate surface area is 111 Å². The van der Waals surface area contributed by atoms with Gasteiger partial charge in [-0.1, -0.05) is 37.6 Å². The van der Waals surface area contributed by atoms with Gasteiger partial charge in [-0.2, -0.15) is 0 Å². The van der Waals surface area contributed by atoms with Crippen molar-refractivity contribution in [1.29, 1.82) is 0 Å². The van der Waals surface area contributed by atoms with E-state index in [1.54, 1.807) is 12.3 Å². The van der Waals surface area contributed by atoms with Crippen molar-refractivity contribution in [2.45, 2.75) is 19.8 Å². The topological polar surface area (TPSA) is 44.9 Å². The second-order valence-corrected chi connectivity index (χ2v) is 4.90. The number of aromatic amines is 1. The number of rotatable bonds is 3. The van der Waals surface area contributed by atoms with Crippen LogP contribution >= 0.6 is 11.6 Å². The lowest BCUT2D eigenvalue weighted by molar-refractivity contribution is 0.102. The number of halogens is 1. The predicted octanol–water partition coefficient (Wildman–Crippen LogP) is 4.04. The summed E-state index contributed by atoms with van der Waals surface area (Å²) in [5, 5.41) is 3.36. The molecule has 0 fully saturated rings. The fourth-order valence-corrected chi connectivity index (χ4v) is 1.84. The normalized spacial score (nSPS) is 10.7. The van der Waals surface area contributed by atoms with Crippen molar-refractivity contribution in [2.24, 2.45) is 0 Å².